The molecular formula is C24H33NO2. The van der Waals surface area contributed by atoms with E-state index in [1.54, 1.807) is 0 Å². The molecule has 0 amide bonds. The molecule has 2 aromatic rings. The summed E-state index contributed by atoms with van der Waals surface area (Å²) >= 11 is 0. The highest BCUT2D eigenvalue weighted by molar-refractivity contribution is 5.29. The first-order valence-corrected chi connectivity index (χ1v) is 10.3. The molecule has 2 atom stereocenters. The van der Waals surface area contributed by atoms with Crippen LogP contribution in [0.25, 0.3) is 0 Å². The lowest BCUT2D eigenvalue weighted by Gasteiger charge is -2.38. The summed E-state index contributed by atoms with van der Waals surface area (Å²) in [5, 5.41) is 10.8. The van der Waals surface area contributed by atoms with Crippen LogP contribution in [0.1, 0.15) is 50.8 Å². The van der Waals surface area contributed by atoms with Gasteiger partial charge in [-0.1, -0.05) is 42.5 Å². The number of likely N-dealkylation sites (tertiary alicyclic amines) is 1. The van der Waals surface area contributed by atoms with E-state index in [-0.39, 0.29) is 12.1 Å². The maximum absolute atomic E-state index is 10.8. The van der Waals surface area contributed by atoms with Gasteiger partial charge in [-0.15, -0.1) is 0 Å². The van der Waals surface area contributed by atoms with Gasteiger partial charge in [0.15, 0.2) is 0 Å². The van der Waals surface area contributed by atoms with Crippen LogP contribution in [0, 0.1) is 5.92 Å². The van der Waals surface area contributed by atoms with Gasteiger partial charge in [-0.3, -0.25) is 4.90 Å². The molecule has 0 spiro atoms. The molecule has 0 radical (unpaired) electrons. The maximum Gasteiger partial charge on any atom is 0.119 e. The molecule has 1 N–H and O–H groups in total. The average molecular weight is 368 g/mol. The van der Waals surface area contributed by atoms with Crippen molar-refractivity contribution < 1.29 is 9.84 Å². The van der Waals surface area contributed by atoms with E-state index in [2.05, 4.69) is 42.2 Å². The molecule has 3 rings (SSSR count). The number of benzene rings is 2. The molecule has 0 aromatic heterocycles. The van der Waals surface area contributed by atoms with Gasteiger partial charge in [-0.2, -0.15) is 0 Å². The van der Waals surface area contributed by atoms with E-state index in [0.717, 1.165) is 30.3 Å². The Morgan fingerprint density at radius 1 is 0.963 bits per heavy atom. The van der Waals surface area contributed by atoms with Crippen molar-refractivity contribution in [2.24, 2.45) is 5.92 Å². The molecular weight excluding hydrogens is 334 g/mol. The normalized spacial score (nSPS) is 18.4. The third kappa shape index (κ3) is 5.57. The van der Waals surface area contributed by atoms with Crippen LogP contribution in [0.4, 0.5) is 0 Å². The zero-order valence-corrected chi connectivity index (χ0v) is 16.8. The van der Waals surface area contributed by atoms with Crippen molar-refractivity contribution in [1.82, 2.24) is 4.90 Å². The second-order valence-corrected chi connectivity index (χ2v) is 8.09. The Kier molecular flexibility index (Phi) is 6.92. The fourth-order valence-electron chi connectivity index (χ4n) is 4.01. The third-order valence-corrected chi connectivity index (χ3v) is 5.64. The summed E-state index contributed by atoms with van der Waals surface area (Å²) in [5.41, 5.74) is 2.40. The van der Waals surface area contributed by atoms with Crippen LogP contribution >= 0.6 is 0 Å². The van der Waals surface area contributed by atoms with Gasteiger partial charge < -0.3 is 9.84 Å². The molecule has 1 saturated heterocycles. The maximum atomic E-state index is 10.8. The zero-order valence-electron chi connectivity index (χ0n) is 16.8. The molecule has 0 bridgehead atoms. The van der Waals surface area contributed by atoms with Gasteiger partial charge in [0.05, 0.1) is 12.2 Å². The molecule has 1 aliphatic heterocycles. The van der Waals surface area contributed by atoms with Crippen LogP contribution < -0.4 is 4.74 Å². The van der Waals surface area contributed by atoms with E-state index in [0.29, 0.717) is 0 Å². The van der Waals surface area contributed by atoms with Crippen molar-refractivity contribution >= 4 is 0 Å². The van der Waals surface area contributed by atoms with Crippen LogP contribution in [0.2, 0.25) is 0 Å². The summed E-state index contributed by atoms with van der Waals surface area (Å²) in [6.45, 7) is 8.30. The molecule has 1 aliphatic rings. The second-order valence-electron chi connectivity index (χ2n) is 8.09. The van der Waals surface area contributed by atoms with E-state index < -0.39 is 6.10 Å². The molecule has 1 heterocycles. The highest BCUT2D eigenvalue weighted by Gasteiger charge is 2.27. The number of aliphatic hydroxyl groups is 1. The van der Waals surface area contributed by atoms with Gasteiger partial charge in [0.2, 0.25) is 0 Å². The Hall–Kier alpha value is -1.84. The first-order chi connectivity index (χ1) is 13.0. The molecule has 2 aromatic carbocycles. The minimum Gasteiger partial charge on any atom is -0.491 e. The number of hydrogen-bond donors (Lipinski definition) is 1. The predicted octanol–water partition coefficient (Wildman–Crippen LogP) is 4.85. The van der Waals surface area contributed by atoms with E-state index in [1.165, 1.54) is 24.8 Å². The highest BCUT2D eigenvalue weighted by atomic mass is 16.5. The fraction of sp³-hybridized carbons (Fsp3) is 0.500. The van der Waals surface area contributed by atoms with E-state index >= 15 is 0 Å². The minimum absolute atomic E-state index is 0.125. The molecule has 3 nitrogen and oxygen atoms in total. The Morgan fingerprint density at radius 3 is 2.19 bits per heavy atom. The second kappa shape index (κ2) is 9.38. The summed E-state index contributed by atoms with van der Waals surface area (Å²) in [6.07, 6.45) is 3.27. The van der Waals surface area contributed by atoms with Crippen LogP contribution in [0.15, 0.2) is 54.6 Å². The summed E-state index contributed by atoms with van der Waals surface area (Å²) in [6, 6.07) is 18.8. The van der Waals surface area contributed by atoms with Gasteiger partial charge in [0.25, 0.3) is 0 Å². The van der Waals surface area contributed by atoms with Crippen LogP contribution in [0.5, 0.6) is 5.75 Å². The molecule has 146 valence electrons. The number of aliphatic hydroxyl groups excluding tert-OH is 1. The highest BCUT2D eigenvalue weighted by Crippen LogP contribution is 2.28. The Labute approximate surface area is 164 Å². The van der Waals surface area contributed by atoms with Crippen molar-refractivity contribution in [3.63, 3.8) is 0 Å². The molecule has 3 heteroatoms. The molecule has 0 saturated carbocycles. The summed E-state index contributed by atoms with van der Waals surface area (Å²) < 4.78 is 5.69. The Bertz CT molecular complexity index is 675. The minimum atomic E-state index is -0.469. The van der Waals surface area contributed by atoms with Crippen molar-refractivity contribution in [3.8, 4) is 5.75 Å². The third-order valence-electron chi connectivity index (χ3n) is 5.64. The topological polar surface area (TPSA) is 32.7 Å². The predicted molar refractivity (Wildman–Crippen MR) is 111 cm³/mol. The Morgan fingerprint density at radius 2 is 1.59 bits per heavy atom. The van der Waals surface area contributed by atoms with Crippen LogP contribution in [0.3, 0.4) is 0 Å². The van der Waals surface area contributed by atoms with Crippen molar-refractivity contribution in [1.29, 1.82) is 0 Å². The summed E-state index contributed by atoms with van der Waals surface area (Å²) in [4.78, 5) is 2.44. The van der Waals surface area contributed by atoms with E-state index in [1.807, 2.05) is 38.1 Å². The SMILES string of the molecule is CC(C)Oc1ccc(C(O)C(C)N2CCC(Cc3ccccc3)CC2)cc1. The standard InChI is InChI=1S/C24H33NO2/c1-18(2)27-23-11-9-22(10-12-23)24(26)19(3)25-15-13-21(14-16-25)17-20-7-5-4-6-8-20/h4-12,18-19,21,24,26H,13-17H2,1-3H3. The molecule has 2 unspecified atom stereocenters. The van der Waals surface area contributed by atoms with Gasteiger partial charge in [0.1, 0.15) is 5.75 Å². The fourth-order valence-corrected chi connectivity index (χ4v) is 4.01. The lowest BCUT2D eigenvalue weighted by molar-refractivity contribution is 0.0373. The summed E-state index contributed by atoms with van der Waals surface area (Å²) in [5.74, 6) is 1.61. The van der Waals surface area contributed by atoms with Gasteiger partial charge in [-0.25, -0.2) is 0 Å². The van der Waals surface area contributed by atoms with Gasteiger partial charge in [0, 0.05) is 6.04 Å². The van der Waals surface area contributed by atoms with Crippen molar-refractivity contribution in [2.75, 3.05) is 13.1 Å². The van der Waals surface area contributed by atoms with E-state index in [4.69, 9.17) is 4.74 Å². The van der Waals surface area contributed by atoms with Crippen LogP contribution in [-0.2, 0) is 6.42 Å². The average Bonchev–Trinajstić information content (AvgIpc) is 2.68. The lowest BCUT2D eigenvalue weighted by atomic mass is 9.89. The number of hydrogen-bond acceptors (Lipinski definition) is 3. The number of piperidine rings is 1. The quantitative estimate of drug-likeness (QED) is 0.759. The van der Waals surface area contributed by atoms with Crippen LogP contribution in [-0.4, -0.2) is 35.2 Å². The lowest BCUT2D eigenvalue weighted by Crippen LogP contribution is -2.43. The molecule has 1 fully saturated rings. The molecule has 0 aliphatic carbocycles. The first kappa shape index (κ1) is 19.9. The summed E-state index contributed by atoms with van der Waals surface area (Å²) in [7, 11) is 0. The van der Waals surface area contributed by atoms with Crippen molar-refractivity contribution in [2.45, 2.75) is 58.3 Å². The smallest absolute Gasteiger partial charge is 0.119 e. The number of nitrogens with zero attached hydrogens (tertiary/aromatic N) is 1. The zero-order chi connectivity index (χ0) is 19.2. The van der Waals surface area contributed by atoms with Crippen molar-refractivity contribution in [3.05, 3.63) is 65.7 Å². The molecule has 27 heavy (non-hydrogen) atoms. The number of ether oxygens (including phenoxy) is 1. The first-order valence-electron chi connectivity index (χ1n) is 10.3. The van der Waals surface area contributed by atoms with Gasteiger partial charge in [-0.05, 0) is 82.3 Å². The largest absolute Gasteiger partial charge is 0.491 e. The monoisotopic (exact) mass is 367 g/mol. The number of rotatable bonds is 7. The van der Waals surface area contributed by atoms with Gasteiger partial charge >= 0.3 is 0 Å². The Balaban J connectivity index is 1.51. The van der Waals surface area contributed by atoms with E-state index in [9.17, 15) is 5.11 Å².